The highest BCUT2D eigenvalue weighted by molar-refractivity contribution is 7.87. The molecule has 120 valence electrons. The number of aliphatic hydroxyl groups is 1. The molecule has 0 aliphatic carbocycles. The van der Waals surface area contributed by atoms with Gasteiger partial charge >= 0.3 is 0 Å². The zero-order valence-electron chi connectivity index (χ0n) is 12.6. The zero-order valence-corrected chi connectivity index (χ0v) is 13.4. The molecule has 1 aliphatic heterocycles. The molecule has 21 heavy (non-hydrogen) atoms. The van der Waals surface area contributed by atoms with Crippen LogP contribution in [-0.4, -0.2) is 47.3 Å². The van der Waals surface area contributed by atoms with Crippen molar-refractivity contribution in [3.8, 4) is 0 Å². The van der Waals surface area contributed by atoms with E-state index in [4.69, 9.17) is 5.11 Å². The molecule has 1 aliphatic rings. The van der Waals surface area contributed by atoms with E-state index in [9.17, 15) is 8.42 Å². The van der Waals surface area contributed by atoms with Crippen molar-refractivity contribution in [2.45, 2.75) is 32.7 Å². The van der Waals surface area contributed by atoms with Gasteiger partial charge in [0, 0.05) is 45.0 Å². The van der Waals surface area contributed by atoms with E-state index in [1.54, 1.807) is 4.68 Å². The summed E-state index contributed by atoms with van der Waals surface area (Å²) in [6, 6.07) is 0. The average molecular weight is 316 g/mol. The largest absolute Gasteiger partial charge is 0.396 e. The van der Waals surface area contributed by atoms with Crippen molar-refractivity contribution in [2.75, 3.05) is 19.7 Å². The molecule has 2 heterocycles. The summed E-state index contributed by atoms with van der Waals surface area (Å²) in [5.41, 5.74) is 1.83. The monoisotopic (exact) mass is 316 g/mol. The van der Waals surface area contributed by atoms with E-state index >= 15 is 0 Å². The van der Waals surface area contributed by atoms with Gasteiger partial charge in [-0.1, -0.05) is 6.92 Å². The van der Waals surface area contributed by atoms with Crippen LogP contribution in [0.1, 0.15) is 31.0 Å². The minimum Gasteiger partial charge on any atom is -0.396 e. The Morgan fingerprint density at radius 1 is 1.43 bits per heavy atom. The first-order valence-electron chi connectivity index (χ1n) is 7.33. The molecule has 0 aromatic carbocycles. The molecule has 0 saturated carbocycles. The van der Waals surface area contributed by atoms with Gasteiger partial charge in [0.1, 0.15) is 0 Å². The van der Waals surface area contributed by atoms with E-state index in [0.29, 0.717) is 25.9 Å². The van der Waals surface area contributed by atoms with Crippen LogP contribution in [0.2, 0.25) is 0 Å². The lowest BCUT2D eigenvalue weighted by atomic mass is 10.00. The second-order valence-electron chi connectivity index (χ2n) is 5.48. The molecule has 0 amide bonds. The highest BCUT2D eigenvalue weighted by atomic mass is 32.2. The van der Waals surface area contributed by atoms with Gasteiger partial charge in [0.25, 0.3) is 10.2 Å². The normalized spacial score (nSPS) is 18.2. The van der Waals surface area contributed by atoms with E-state index in [1.807, 2.05) is 20.2 Å². The van der Waals surface area contributed by atoms with Crippen molar-refractivity contribution in [1.29, 1.82) is 0 Å². The number of aryl methyl sites for hydroxylation is 2. The number of hydrogen-bond acceptors (Lipinski definition) is 4. The molecule has 8 heteroatoms. The lowest BCUT2D eigenvalue weighted by Gasteiger charge is -2.30. The van der Waals surface area contributed by atoms with E-state index in [1.165, 1.54) is 4.31 Å². The minimum atomic E-state index is -3.46. The van der Waals surface area contributed by atoms with Gasteiger partial charge in [-0.25, -0.2) is 0 Å². The predicted molar refractivity (Wildman–Crippen MR) is 79.7 cm³/mol. The van der Waals surface area contributed by atoms with Gasteiger partial charge < -0.3 is 5.11 Å². The topological polar surface area (TPSA) is 87.5 Å². The van der Waals surface area contributed by atoms with Gasteiger partial charge in [0.15, 0.2) is 0 Å². The van der Waals surface area contributed by atoms with Crippen molar-refractivity contribution < 1.29 is 13.5 Å². The first kappa shape index (κ1) is 16.4. The van der Waals surface area contributed by atoms with Gasteiger partial charge in [-0.15, -0.1) is 0 Å². The average Bonchev–Trinajstić information content (AvgIpc) is 2.85. The standard InChI is InChI=1S/C13H24N4O3S/c1-3-13-12(9-16(2)15-13)8-14-21(19,20)17-6-4-11(10-18)5-7-17/h9,11,14,18H,3-8,10H2,1-2H3. The van der Waals surface area contributed by atoms with Gasteiger partial charge in [-0.2, -0.15) is 22.5 Å². The highest BCUT2D eigenvalue weighted by Gasteiger charge is 2.27. The molecule has 2 rings (SSSR count). The Bertz CT molecular complexity index is 562. The maximum absolute atomic E-state index is 12.3. The van der Waals surface area contributed by atoms with Gasteiger partial charge in [0.2, 0.25) is 0 Å². The molecule has 1 aromatic heterocycles. The Morgan fingerprint density at radius 2 is 2.10 bits per heavy atom. The van der Waals surface area contributed by atoms with Crippen molar-refractivity contribution >= 4 is 10.2 Å². The number of piperidine rings is 1. The summed E-state index contributed by atoms with van der Waals surface area (Å²) in [4.78, 5) is 0. The molecular formula is C13H24N4O3S. The maximum Gasteiger partial charge on any atom is 0.279 e. The van der Waals surface area contributed by atoms with Crippen LogP contribution in [0, 0.1) is 5.92 Å². The zero-order chi connectivity index (χ0) is 15.5. The first-order valence-corrected chi connectivity index (χ1v) is 8.77. The summed E-state index contributed by atoms with van der Waals surface area (Å²) in [6.07, 6.45) is 4.05. The molecule has 0 unspecified atom stereocenters. The fraction of sp³-hybridized carbons (Fsp3) is 0.769. The van der Waals surface area contributed by atoms with Crippen molar-refractivity contribution in [2.24, 2.45) is 13.0 Å². The first-order chi connectivity index (χ1) is 9.96. The van der Waals surface area contributed by atoms with Crippen molar-refractivity contribution in [1.82, 2.24) is 18.8 Å². The lowest BCUT2D eigenvalue weighted by Crippen LogP contribution is -2.45. The van der Waals surface area contributed by atoms with Crippen LogP contribution < -0.4 is 4.72 Å². The second kappa shape index (κ2) is 6.87. The Morgan fingerprint density at radius 3 is 2.67 bits per heavy atom. The third-order valence-electron chi connectivity index (χ3n) is 3.94. The molecule has 1 saturated heterocycles. The van der Waals surface area contributed by atoms with Crippen molar-refractivity contribution in [3.63, 3.8) is 0 Å². The van der Waals surface area contributed by atoms with Crippen LogP contribution in [0.4, 0.5) is 0 Å². The number of aromatic nitrogens is 2. The quantitative estimate of drug-likeness (QED) is 0.774. The molecule has 0 bridgehead atoms. The summed E-state index contributed by atoms with van der Waals surface area (Å²) >= 11 is 0. The number of hydrogen-bond donors (Lipinski definition) is 2. The van der Waals surface area contributed by atoms with E-state index in [-0.39, 0.29) is 19.1 Å². The summed E-state index contributed by atoms with van der Waals surface area (Å²) in [5, 5.41) is 13.4. The van der Waals surface area contributed by atoms with Crippen LogP contribution >= 0.6 is 0 Å². The molecule has 0 spiro atoms. The molecule has 2 N–H and O–H groups in total. The minimum absolute atomic E-state index is 0.136. The van der Waals surface area contributed by atoms with Crippen LogP contribution in [-0.2, 0) is 30.2 Å². The Kier molecular flexibility index (Phi) is 5.37. The summed E-state index contributed by atoms with van der Waals surface area (Å²) in [5.74, 6) is 0.224. The van der Waals surface area contributed by atoms with Crippen LogP contribution in [0.25, 0.3) is 0 Å². The molecule has 1 aromatic rings. The predicted octanol–water partition coefficient (Wildman–Crippen LogP) is 0.0212. The van der Waals surface area contributed by atoms with Crippen LogP contribution in [0.15, 0.2) is 6.20 Å². The molecule has 0 radical (unpaired) electrons. The third kappa shape index (κ3) is 4.03. The summed E-state index contributed by atoms with van der Waals surface area (Å²) in [7, 11) is -1.63. The van der Waals surface area contributed by atoms with E-state index < -0.39 is 10.2 Å². The number of aliphatic hydroxyl groups excluding tert-OH is 1. The number of nitrogens with zero attached hydrogens (tertiary/aromatic N) is 3. The van der Waals surface area contributed by atoms with Gasteiger partial charge in [0.05, 0.1) is 5.69 Å². The fourth-order valence-corrected chi connectivity index (χ4v) is 3.83. The Labute approximate surface area is 126 Å². The number of rotatable bonds is 6. The highest BCUT2D eigenvalue weighted by Crippen LogP contribution is 2.18. The summed E-state index contributed by atoms with van der Waals surface area (Å²) in [6.45, 7) is 3.33. The smallest absolute Gasteiger partial charge is 0.279 e. The number of nitrogens with one attached hydrogen (secondary N) is 1. The van der Waals surface area contributed by atoms with E-state index in [0.717, 1.165) is 17.7 Å². The van der Waals surface area contributed by atoms with E-state index in [2.05, 4.69) is 9.82 Å². The molecule has 7 nitrogen and oxygen atoms in total. The maximum atomic E-state index is 12.3. The van der Waals surface area contributed by atoms with Crippen LogP contribution in [0.5, 0.6) is 0 Å². The second-order valence-corrected chi connectivity index (χ2v) is 7.23. The third-order valence-corrected chi connectivity index (χ3v) is 5.50. The van der Waals surface area contributed by atoms with Crippen molar-refractivity contribution in [3.05, 3.63) is 17.5 Å². The SMILES string of the molecule is CCc1nn(C)cc1CNS(=O)(=O)N1CCC(CO)CC1. The molecular weight excluding hydrogens is 292 g/mol. The lowest BCUT2D eigenvalue weighted by molar-refractivity contribution is 0.169. The molecule has 1 fully saturated rings. The Balaban J connectivity index is 1.95. The van der Waals surface area contributed by atoms with Gasteiger partial charge in [-0.05, 0) is 25.2 Å². The van der Waals surface area contributed by atoms with Gasteiger partial charge in [-0.3, -0.25) is 4.68 Å². The van der Waals surface area contributed by atoms with Crippen LogP contribution in [0.3, 0.4) is 0 Å². The molecule has 0 atom stereocenters. The summed E-state index contributed by atoms with van der Waals surface area (Å²) < 4.78 is 30.4. The fourth-order valence-electron chi connectivity index (χ4n) is 2.62. The Hall–Kier alpha value is -0.960.